The Morgan fingerprint density at radius 2 is 2.10 bits per heavy atom. The average Bonchev–Trinajstić information content (AvgIpc) is 2.86. The number of hydrogen-bond acceptors (Lipinski definition) is 7. The number of carbonyl (C=O) groups excluding carboxylic acids is 2. The van der Waals surface area contributed by atoms with Crippen molar-refractivity contribution in [2.75, 3.05) is 38.7 Å². The topological polar surface area (TPSA) is 62.7 Å². The van der Waals surface area contributed by atoms with Crippen LogP contribution in [0.3, 0.4) is 0 Å². The van der Waals surface area contributed by atoms with E-state index in [4.69, 9.17) is 4.74 Å². The Labute approximate surface area is 122 Å². The Balaban J connectivity index is 2.29. The average molecular weight is 297 g/mol. The van der Waals surface area contributed by atoms with Crippen LogP contribution in [0.2, 0.25) is 0 Å². The zero-order valence-corrected chi connectivity index (χ0v) is 13.0. The van der Waals surface area contributed by atoms with E-state index in [0.29, 0.717) is 10.9 Å². The SMILES string of the molecule is COC(=O)c1nc(N2CCN(C)C(C)C2)sc1C(C)=O. The van der Waals surface area contributed by atoms with Gasteiger partial charge >= 0.3 is 5.97 Å². The third-order valence-corrected chi connectivity index (χ3v) is 4.76. The number of esters is 1. The lowest BCUT2D eigenvalue weighted by Gasteiger charge is -2.37. The first-order chi connectivity index (χ1) is 9.43. The molecule has 1 saturated heterocycles. The predicted molar refractivity (Wildman–Crippen MR) is 77.8 cm³/mol. The molecule has 6 nitrogen and oxygen atoms in total. The second-order valence-electron chi connectivity index (χ2n) is 5.00. The number of aromatic nitrogens is 1. The molecule has 1 fully saturated rings. The van der Waals surface area contributed by atoms with Gasteiger partial charge in [0, 0.05) is 32.6 Å². The Morgan fingerprint density at radius 3 is 2.65 bits per heavy atom. The molecule has 0 saturated carbocycles. The van der Waals surface area contributed by atoms with Gasteiger partial charge in [0.05, 0.1) is 7.11 Å². The lowest BCUT2D eigenvalue weighted by Crippen LogP contribution is -2.50. The summed E-state index contributed by atoms with van der Waals surface area (Å²) in [6, 6.07) is 0.412. The third kappa shape index (κ3) is 2.83. The van der Waals surface area contributed by atoms with Crippen molar-refractivity contribution in [3.8, 4) is 0 Å². The molecule has 7 heteroatoms. The lowest BCUT2D eigenvalue weighted by atomic mass is 10.2. The van der Waals surface area contributed by atoms with Gasteiger partial charge in [-0.3, -0.25) is 4.79 Å². The third-order valence-electron chi connectivity index (χ3n) is 3.54. The second kappa shape index (κ2) is 5.88. The fraction of sp³-hybridized carbons (Fsp3) is 0.615. The largest absolute Gasteiger partial charge is 0.464 e. The fourth-order valence-electron chi connectivity index (χ4n) is 2.14. The number of methoxy groups -OCH3 is 1. The zero-order valence-electron chi connectivity index (χ0n) is 12.2. The molecule has 20 heavy (non-hydrogen) atoms. The number of piperazine rings is 1. The number of nitrogens with zero attached hydrogens (tertiary/aromatic N) is 3. The molecule has 0 amide bonds. The van der Waals surface area contributed by atoms with Crippen LogP contribution in [0.5, 0.6) is 0 Å². The fourth-order valence-corrected chi connectivity index (χ4v) is 3.12. The summed E-state index contributed by atoms with van der Waals surface area (Å²) in [5.41, 5.74) is 0.131. The van der Waals surface area contributed by atoms with Gasteiger partial charge in [0.25, 0.3) is 0 Å². The minimum absolute atomic E-state index is 0.131. The molecule has 1 aromatic heterocycles. The van der Waals surface area contributed by atoms with Gasteiger partial charge in [-0.05, 0) is 14.0 Å². The van der Waals surface area contributed by atoms with Gasteiger partial charge in [-0.25, -0.2) is 9.78 Å². The highest BCUT2D eigenvalue weighted by molar-refractivity contribution is 7.17. The molecule has 0 bridgehead atoms. The van der Waals surface area contributed by atoms with E-state index in [1.54, 1.807) is 0 Å². The van der Waals surface area contributed by atoms with E-state index < -0.39 is 5.97 Å². The summed E-state index contributed by atoms with van der Waals surface area (Å²) in [6.07, 6.45) is 0. The van der Waals surface area contributed by atoms with Gasteiger partial charge in [-0.1, -0.05) is 11.3 Å². The summed E-state index contributed by atoms with van der Waals surface area (Å²) in [5, 5.41) is 0.718. The monoisotopic (exact) mass is 297 g/mol. The Morgan fingerprint density at radius 1 is 1.40 bits per heavy atom. The number of thiazole rings is 1. The van der Waals surface area contributed by atoms with Crippen molar-refractivity contribution in [2.24, 2.45) is 0 Å². The molecule has 2 heterocycles. The Kier molecular flexibility index (Phi) is 4.39. The number of Topliss-reactive ketones (excluding diaryl/α,β-unsaturated/α-hetero) is 1. The Bertz CT molecular complexity index is 529. The number of likely N-dealkylation sites (N-methyl/N-ethyl adjacent to an activating group) is 1. The second-order valence-corrected chi connectivity index (χ2v) is 5.98. The lowest BCUT2D eigenvalue weighted by molar-refractivity contribution is 0.0591. The minimum atomic E-state index is -0.556. The first kappa shape index (κ1) is 14.9. The van der Waals surface area contributed by atoms with E-state index in [2.05, 4.69) is 28.8 Å². The van der Waals surface area contributed by atoms with Crippen LogP contribution in [0.25, 0.3) is 0 Å². The number of carbonyl (C=O) groups is 2. The maximum Gasteiger partial charge on any atom is 0.358 e. The summed E-state index contributed by atoms with van der Waals surface area (Å²) in [4.78, 5) is 32.4. The van der Waals surface area contributed by atoms with Gasteiger partial charge in [0.2, 0.25) is 0 Å². The highest BCUT2D eigenvalue weighted by Gasteiger charge is 2.27. The highest BCUT2D eigenvalue weighted by atomic mass is 32.1. The summed E-state index contributed by atoms with van der Waals surface area (Å²) >= 11 is 1.27. The van der Waals surface area contributed by atoms with Crippen molar-refractivity contribution in [3.05, 3.63) is 10.6 Å². The summed E-state index contributed by atoms with van der Waals surface area (Å²) in [7, 11) is 3.38. The maximum absolute atomic E-state index is 11.7. The number of anilines is 1. The molecule has 0 N–H and O–H groups in total. The van der Waals surface area contributed by atoms with Crippen LogP contribution >= 0.6 is 11.3 Å². The van der Waals surface area contributed by atoms with Crippen LogP contribution in [-0.2, 0) is 4.74 Å². The molecule has 1 aliphatic heterocycles. The van der Waals surface area contributed by atoms with Gasteiger partial charge < -0.3 is 14.5 Å². The molecule has 0 aromatic carbocycles. The molecule has 1 atom stereocenters. The van der Waals surface area contributed by atoms with E-state index >= 15 is 0 Å². The molecule has 0 spiro atoms. The number of ketones is 1. The van der Waals surface area contributed by atoms with Gasteiger partial charge in [-0.15, -0.1) is 0 Å². The Hall–Kier alpha value is -1.47. The number of ether oxygens (including phenoxy) is 1. The minimum Gasteiger partial charge on any atom is -0.464 e. The van der Waals surface area contributed by atoms with Crippen LogP contribution in [0.15, 0.2) is 0 Å². The molecule has 110 valence electrons. The van der Waals surface area contributed by atoms with Crippen LogP contribution in [-0.4, -0.2) is 61.5 Å². The number of rotatable bonds is 3. The van der Waals surface area contributed by atoms with E-state index in [-0.39, 0.29) is 11.5 Å². The molecular weight excluding hydrogens is 278 g/mol. The predicted octanol–water partition coefficient (Wildman–Crippen LogP) is 1.27. The van der Waals surface area contributed by atoms with E-state index in [0.717, 1.165) is 24.8 Å². The van der Waals surface area contributed by atoms with Crippen molar-refractivity contribution in [2.45, 2.75) is 19.9 Å². The van der Waals surface area contributed by atoms with Gasteiger partial charge in [0.1, 0.15) is 4.88 Å². The standard InChI is InChI=1S/C13H19N3O3S/c1-8-7-16(6-5-15(8)3)13-14-10(12(18)19-4)11(20-13)9(2)17/h8H,5-7H2,1-4H3. The smallest absolute Gasteiger partial charge is 0.358 e. The van der Waals surface area contributed by atoms with Crippen molar-refractivity contribution < 1.29 is 14.3 Å². The van der Waals surface area contributed by atoms with E-state index in [1.165, 1.54) is 25.4 Å². The number of hydrogen-bond donors (Lipinski definition) is 0. The van der Waals surface area contributed by atoms with Gasteiger partial charge in [-0.2, -0.15) is 0 Å². The van der Waals surface area contributed by atoms with Crippen LogP contribution in [0.1, 0.15) is 34.0 Å². The summed E-state index contributed by atoms with van der Waals surface area (Å²) in [6.45, 7) is 6.20. The quantitative estimate of drug-likeness (QED) is 0.618. The maximum atomic E-state index is 11.7. The molecule has 0 aliphatic carbocycles. The molecule has 2 rings (SSSR count). The van der Waals surface area contributed by atoms with Gasteiger partial charge in [0.15, 0.2) is 16.6 Å². The molecule has 1 aromatic rings. The molecule has 1 unspecified atom stereocenters. The summed E-state index contributed by atoms with van der Waals surface area (Å²) < 4.78 is 4.69. The first-order valence-electron chi connectivity index (χ1n) is 6.49. The van der Waals surface area contributed by atoms with Crippen LogP contribution < -0.4 is 4.90 Å². The van der Waals surface area contributed by atoms with Crippen LogP contribution in [0, 0.1) is 0 Å². The highest BCUT2D eigenvalue weighted by Crippen LogP contribution is 2.28. The van der Waals surface area contributed by atoms with E-state index in [9.17, 15) is 9.59 Å². The van der Waals surface area contributed by atoms with E-state index in [1.807, 2.05) is 0 Å². The first-order valence-corrected chi connectivity index (χ1v) is 7.31. The normalized spacial score (nSPS) is 20.0. The molecule has 1 aliphatic rings. The van der Waals surface area contributed by atoms with Crippen molar-refractivity contribution in [1.29, 1.82) is 0 Å². The summed E-state index contributed by atoms with van der Waals surface area (Å²) in [5.74, 6) is -0.712. The van der Waals surface area contributed by atoms with Crippen molar-refractivity contribution in [3.63, 3.8) is 0 Å². The molecular formula is C13H19N3O3S. The molecule has 0 radical (unpaired) electrons. The zero-order chi connectivity index (χ0) is 14.9. The van der Waals surface area contributed by atoms with Crippen molar-refractivity contribution >= 4 is 28.2 Å². The van der Waals surface area contributed by atoms with Crippen LogP contribution in [0.4, 0.5) is 5.13 Å². The van der Waals surface area contributed by atoms with Crippen molar-refractivity contribution in [1.82, 2.24) is 9.88 Å².